The average molecular weight is 244 g/mol. The standard InChI is InChI=1S/C14H16N2O2/c15-10-12(14(18)16-6-1-2-7-16)8-11-4-3-5-13(17)9-11/h3-5,9,12,17H,1-2,6-8H2. The molecule has 0 radical (unpaired) electrons. The highest BCUT2D eigenvalue weighted by molar-refractivity contribution is 5.81. The number of aromatic hydroxyl groups is 1. The van der Waals surface area contributed by atoms with Crippen molar-refractivity contribution in [1.82, 2.24) is 4.90 Å². The molecule has 4 heteroatoms. The van der Waals surface area contributed by atoms with Crippen molar-refractivity contribution < 1.29 is 9.90 Å². The van der Waals surface area contributed by atoms with Gasteiger partial charge in [-0.2, -0.15) is 5.26 Å². The summed E-state index contributed by atoms with van der Waals surface area (Å²) in [6.07, 6.45) is 2.41. The number of carbonyl (C=O) groups excluding carboxylic acids is 1. The molecule has 0 aromatic heterocycles. The van der Waals surface area contributed by atoms with Crippen LogP contribution >= 0.6 is 0 Å². The van der Waals surface area contributed by atoms with Gasteiger partial charge in [-0.15, -0.1) is 0 Å². The van der Waals surface area contributed by atoms with E-state index in [1.807, 2.05) is 6.07 Å². The highest BCUT2D eigenvalue weighted by Crippen LogP contribution is 2.18. The van der Waals surface area contributed by atoms with Crippen molar-refractivity contribution in [2.75, 3.05) is 13.1 Å². The van der Waals surface area contributed by atoms with Gasteiger partial charge in [0.25, 0.3) is 0 Å². The number of nitriles is 1. The Kier molecular flexibility index (Phi) is 3.83. The lowest BCUT2D eigenvalue weighted by Crippen LogP contribution is -2.34. The van der Waals surface area contributed by atoms with Gasteiger partial charge in [0.15, 0.2) is 0 Å². The van der Waals surface area contributed by atoms with Crippen molar-refractivity contribution in [3.8, 4) is 11.8 Å². The van der Waals surface area contributed by atoms with Crippen LogP contribution in [0.1, 0.15) is 18.4 Å². The SMILES string of the molecule is N#CC(Cc1cccc(O)c1)C(=O)N1CCCC1. The van der Waals surface area contributed by atoms with Gasteiger partial charge in [-0.3, -0.25) is 4.79 Å². The third kappa shape index (κ3) is 2.80. The first-order valence-electron chi connectivity index (χ1n) is 6.17. The number of carbonyl (C=O) groups is 1. The maximum atomic E-state index is 12.1. The van der Waals surface area contributed by atoms with Crippen LogP contribution in [0.3, 0.4) is 0 Å². The van der Waals surface area contributed by atoms with Crippen molar-refractivity contribution in [2.24, 2.45) is 5.92 Å². The molecule has 1 N–H and O–H groups in total. The Morgan fingerprint density at radius 3 is 2.78 bits per heavy atom. The van der Waals surface area contributed by atoms with Gasteiger partial charge in [0.05, 0.1) is 6.07 Å². The Balaban J connectivity index is 2.05. The van der Waals surface area contributed by atoms with Crippen LogP contribution in [0.5, 0.6) is 5.75 Å². The summed E-state index contributed by atoms with van der Waals surface area (Å²) in [7, 11) is 0. The quantitative estimate of drug-likeness (QED) is 0.880. The molecule has 1 fully saturated rings. The second-order valence-corrected chi connectivity index (χ2v) is 4.59. The highest BCUT2D eigenvalue weighted by atomic mass is 16.3. The number of phenols is 1. The summed E-state index contributed by atoms with van der Waals surface area (Å²) in [6, 6.07) is 8.79. The number of likely N-dealkylation sites (tertiary alicyclic amines) is 1. The fourth-order valence-corrected chi connectivity index (χ4v) is 2.27. The molecule has 1 atom stereocenters. The van der Waals surface area contributed by atoms with Crippen LogP contribution in [0.4, 0.5) is 0 Å². The summed E-state index contributed by atoms with van der Waals surface area (Å²) in [6.45, 7) is 1.52. The van der Waals surface area contributed by atoms with Gasteiger partial charge in [-0.05, 0) is 37.0 Å². The van der Waals surface area contributed by atoms with Crippen molar-refractivity contribution in [3.05, 3.63) is 29.8 Å². The minimum absolute atomic E-state index is 0.0849. The molecule has 1 heterocycles. The Morgan fingerprint density at radius 1 is 1.44 bits per heavy atom. The van der Waals surface area contributed by atoms with E-state index in [1.54, 1.807) is 23.1 Å². The number of phenolic OH excluding ortho intramolecular Hbond substituents is 1. The summed E-state index contributed by atoms with van der Waals surface area (Å²) in [4.78, 5) is 13.9. The van der Waals surface area contributed by atoms with Crippen molar-refractivity contribution in [1.29, 1.82) is 5.26 Å². The zero-order valence-electron chi connectivity index (χ0n) is 10.2. The number of amides is 1. The molecule has 0 saturated carbocycles. The lowest BCUT2D eigenvalue weighted by atomic mass is 9.99. The van der Waals surface area contributed by atoms with E-state index in [-0.39, 0.29) is 11.7 Å². The Labute approximate surface area is 106 Å². The van der Waals surface area contributed by atoms with Gasteiger partial charge >= 0.3 is 0 Å². The molecule has 1 aliphatic rings. The second kappa shape index (κ2) is 5.54. The van der Waals surface area contributed by atoms with E-state index in [0.717, 1.165) is 31.5 Å². The molecule has 18 heavy (non-hydrogen) atoms. The zero-order valence-corrected chi connectivity index (χ0v) is 10.2. The number of benzene rings is 1. The summed E-state index contributed by atoms with van der Waals surface area (Å²) in [5.41, 5.74) is 0.814. The van der Waals surface area contributed by atoms with E-state index < -0.39 is 5.92 Å². The van der Waals surface area contributed by atoms with Crippen LogP contribution in [-0.4, -0.2) is 29.0 Å². The van der Waals surface area contributed by atoms with Gasteiger partial charge in [-0.1, -0.05) is 12.1 Å². The minimum atomic E-state index is -0.648. The molecular weight excluding hydrogens is 228 g/mol. The lowest BCUT2D eigenvalue weighted by Gasteiger charge is -2.18. The Hall–Kier alpha value is -2.02. The van der Waals surface area contributed by atoms with E-state index in [0.29, 0.717) is 6.42 Å². The Bertz CT molecular complexity index is 473. The molecule has 4 nitrogen and oxygen atoms in total. The molecule has 1 saturated heterocycles. The summed E-state index contributed by atoms with van der Waals surface area (Å²) >= 11 is 0. The van der Waals surface area contributed by atoms with Crippen molar-refractivity contribution in [2.45, 2.75) is 19.3 Å². The van der Waals surface area contributed by atoms with Crippen molar-refractivity contribution >= 4 is 5.91 Å². The fraction of sp³-hybridized carbons (Fsp3) is 0.429. The third-order valence-electron chi connectivity index (χ3n) is 3.22. The first-order valence-corrected chi connectivity index (χ1v) is 6.17. The zero-order chi connectivity index (χ0) is 13.0. The normalized spacial score (nSPS) is 16.3. The largest absolute Gasteiger partial charge is 0.508 e. The first kappa shape index (κ1) is 12.4. The van der Waals surface area contributed by atoms with Gasteiger partial charge in [0.2, 0.25) is 5.91 Å². The van der Waals surface area contributed by atoms with Crippen LogP contribution in [-0.2, 0) is 11.2 Å². The summed E-state index contributed by atoms with van der Waals surface area (Å²) < 4.78 is 0. The maximum absolute atomic E-state index is 12.1. The molecule has 1 aromatic carbocycles. The van der Waals surface area contributed by atoms with Gasteiger partial charge in [0.1, 0.15) is 11.7 Å². The predicted molar refractivity (Wildman–Crippen MR) is 66.7 cm³/mol. The number of hydrogen-bond donors (Lipinski definition) is 1. The molecule has 1 unspecified atom stereocenters. The molecule has 0 aliphatic carbocycles. The molecule has 1 aliphatic heterocycles. The summed E-state index contributed by atoms with van der Waals surface area (Å²) in [5.74, 6) is -0.568. The van der Waals surface area contributed by atoms with Crippen LogP contribution in [0.15, 0.2) is 24.3 Å². The molecule has 1 aromatic rings. The van der Waals surface area contributed by atoms with Crippen LogP contribution in [0.2, 0.25) is 0 Å². The van der Waals surface area contributed by atoms with Crippen LogP contribution in [0, 0.1) is 17.2 Å². The van der Waals surface area contributed by atoms with Crippen molar-refractivity contribution in [3.63, 3.8) is 0 Å². The van der Waals surface area contributed by atoms with E-state index >= 15 is 0 Å². The topological polar surface area (TPSA) is 64.3 Å². The Morgan fingerprint density at radius 2 is 2.17 bits per heavy atom. The molecule has 2 rings (SSSR count). The molecule has 0 spiro atoms. The molecule has 94 valence electrons. The molecule has 1 amide bonds. The highest BCUT2D eigenvalue weighted by Gasteiger charge is 2.26. The van der Waals surface area contributed by atoms with E-state index in [9.17, 15) is 9.90 Å². The average Bonchev–Trinajstić information content (AvgIpc) is 2.89. The third-order valence-corrected chi connectivity index (χ3v) is 3.22. The summed E-state index contributed by atoms with van der Waals surface area (Å²) in [5, 5.41) is 18.5. The fourth-order valence-electron chi connectivity index (χ4n) is 2.27. The van der Waals surface area contributed by atoms with Crippen LogP contribution in [0.25, 0.3) is 0 Å². The number of hydrogen-bond acceptors (Lipinski definition) is 3. The second-order valence-electron chi connectivity index (χ2n) is 4.59. The smallest absolute Gasteiger partial charge is 0.240 e. The van der Waals surface area contributed by atoms with Crippen LogP contribution < -0.4 is 0 Å². The molecular formula is C14H16N2O2. The van der Waals surface area contributed by atoms with E-state index in [4.69, 9.17) is 5.26 Å². The monoisotopic (exact) mass is 244 g/mol. The molecule has 0 bridgehead atoms. The van der Waals surface area contributed by atoms with E-state index in [2.05, 4.69) is 6.07 Å². The number of rotatable bonds is 3. The lowest BCUT2D eigenvalue weighted by molar-refractivity contribution is -0.132. The van der Waals surface area contributed by atoms with Gasteiger partial charge in [0, 0.05) is 13.1 Å². The minimum Gasteiger partial charge on any atom is -0.508 e. The number of nitrogens with zero attached hydrogens (tertiary/aromatic N) is 2. The van der Waals surface area contributed by atoms with Gasteiger partial charge < -0.3 is 10.0 Å². The maximum Gasteiger partial charge on any atom is 0.240 e. The van der Waals surface area contributed by atoms with Gasteiger partial charge in [-0.25, -0.2) is 0 Å². The van der Waals surface area contributed by atoms with E-state index in [1.165, 1.54) is 0 Å². The first-order chi connectivity index (χ1) is 8.70. The predicted octanol–water partition coefficient (Wildman–Crippen LogP) is 1.70.